The summed E-state index contributed by atoms with van der Waals surface area (Å²) in [7, 11) is -2.47. The molecule has 3 aromatic rings. The zero-order valence-electron chi connectivity index (χ0n) is 30.3. The zero-order valence-corrected chi connectivity index (χ0v) is 32.7. The van der Waals surface area contributed by atoms with E-state index in [4.69, 9.17) is 14.2 Å². The second-order valence-electron chi connectivity index (χ2n) is 14.3. The number of carbonyl (C=O) groups excluding carboxylic acids is 1. The number of benzene rings is 3. The molecule has 4 atom stereocenters. The SMILES string of the molecule is CC[S+](C)c1ccc(C(OC)(OC)c2ccc(Sc3ccccc3)cc2)cc1.O=C(OCCC(F)C(F)(F)S(=O)(=O)[O-])C12CC3CC(CC(O)(C3)C1)C2. The number of alkyl halides is 3. The predicted octanol–water partition coefficient (Wildman–Crippen LogP) is 7.69. The number of rotatable bonds is 14. The summed E-state index contributed by atoms with van der Waals surface area (Å²) < 4.78 is 87.4. The van der Waals surface area contributed by atoms with Crippen LogP contribution in [0, 0.1) is 17.3 Å². The number of carbonyl (C=O) groups is 1. The molecule has 0 spiro atoms. The topological polar surface area (TPSA) is 122 Å². The van der Waals surface area contributed by atoms with Crippen LogP contribution in [-0.2, 0) is 45.8 Å². The molecular weight excluding hydrogens is 750 g/mol. The normalized spacial score (nSPS) is 24.9. The van der Waals surface area contributed by atoms with Crippen LogP contribution in [0.2, 0.25) is 0 Å². The monoisotopic (exact) mass is 796 g/mol. The Bertz CT molecular complexity index is 1770. The maximum absolute atomic E-state index is 13.4. The molecule has 1 N–H and O–H groups in total. The van der Waals surface area contributed by atoms with Crippen LogP contribution in [0.4, 0.5) is 13.2 Å². The average Bonchev–Trinajstić information content (AvgIpc) is 3.12. The second-order valence-corrected chi connectivity index (χ2v) is 19.2. The molecule has 4 saturated carbocycles. The van der Waals surface area contributed by atoms with Crippen LogP contribution >= 0.6 is 11.8 Å². The maximum Gasteiger partial charge on any atom is 0.364 e. The fourth-order valence-electron chi connectivity index (χ4n) is 8.35. The third-order valence-corrected chi connectivity index (χ3v) is 14.5. The molecule has 4 unspecified atom stereocenters. The summed E-state index contributed by atoms with van der Waals surface area (Å²) in [5.74, 6) is -0.00190. The van der Waals surface area contributed by atoms with Crippen molar-refractivity contribution in [2.75, 3.05) is 32.8 Å². The minimum Gasteiger partial charge on any atom is -0.743 e. The van der Waals surface area contributed by atoms with E-state index in [1.165, 1.54) is 14.7 Å². The van der Waals surface area contributed by atoms with E-state index in [1.54, 1.807) is 26.0 Å². The highest BCUT2D eigenvalue weighted by atomic mass is 32.2. The Labute approximate surface area is 317 Å². The second kappa shape index (κ2) is 16.6. The fraction of sp³-hybridized carbons (Fsp3) is 0.513. The Hall–Kier alpha value is -2.59. The third-order valence-electron chi connectivity index (χ3n) is 10.6. The van der Waals surface area contributed by atoms with Gasteiger partial charge in [0.2, 0.25) is 5.79 Å². The summed E-state index contributed by atoms with van der Waals surface area (Å²) in [6, 6.07) is 27.4. The highest BCUT2D eigenvalue weighted by Gasteiger charge is 2.61. The van der Waals surface area contributed by atoms with E-state index in [1.807, 2.05) is 6.07 Å². The lowest BCUT2D eigenvalue weighted by Gasteiger charge is -2.58. The van der Waals surface area contributed by atoms with Crippen molar-refractivity contribution in [3.8, 4) is 0 Å². The van der Waals surface area contributed by atoms with Crippen molar-refractivity contribution >= 4 is 38.7 Å². The first-order chi connectivity index (χ1) is 25.0. The summed E-state index contributed by atoms with van der Waals surface area (Å²) in [5.41, 5.74) is 0.194. The Morgan fingerprint density at radius 1 is 0.943 bits per heavy atom. The molecule has 0 heterocycles. The van der Waals surface area contributed by atoms with Crippen molar-refractivity contribution < 1.29 is 50.3 Å². The number of esters is 1. The van der Waals surface area contributed by atoms with Crippen molar-refractivity contribution in [3.05, 3.63) is 90.0 Å². The van der Waals surface area contributed by atoms with Gasteiger partial charge in [0.15, 0.2) is 21.2 Å². The summed E-state index contributed by atoms with van der Waals surface area (Å²) >= 11 is 1.74. The van der Waals surface area contributed by atoms with Crippen molar-refractivity contribution in [1.82, 2.24) is 0 Å². The quantitative estimate of drug-likeness (QED) is 0.0758. The van der Waals surface area contributed by atoms with Crippen LogP contribution in [0.1, 0.15) is 63.0 Å². The summed E-state index contributed by atoms with van der Waals surface area (Å²) in [5, 5.41) is 5.50. The molecule has 8 nitrogen and oxygen atoms in total. The van der Waals surface area contributed by atoms with Crippen LogP contribution in [-0.4, -0.2) is 73.9 Å². The van der Waals surface area contributed by atoms with Gasteiger partial charge in [0, 0.05) is 52.5 Å². The van der Waals surface area contributed by atoms with Gasteiger partial charge in [0.25, 0.3) is 0 Å². The predicted molar refractivity (Wildman–Crippen MR) is 198 cm³/mol. The van der Waals surface area contributed by atoms with Gasteiger partial charge in [-0.2, -0.15) is 8.78 Å². The van der Waals surface area contributed by atoms with Crippen LogP contribution in [0.25, 0.3) is 0 Å². The first kappa shape index (κ1) is 41.6. The van der Waals surface area contributed by atoms with Crippen molar-refractivity contribution in [1.29, 1.82) is 0 Å². The molecule has 0 aliphatic heterocycles. The molecule has 0 radical (unpaired) electrons. The lowest BCUT2D eigenvalue weighted by molar-refractivity contribution is -0.196. The van der Waals surface area contributed by atoms with Gasteiger partial charge in [0.1, 0.15) is 12.0 Å². The lowest BCUT2D eigenvalue weighted by Crippen LogP contribution is -2.58. The minimum absolute atomic E-state index is 0.211. The first-order valence-corrected chi connectivity index (χ1v) is 21.6. The van der Waals surface area contributed by atoms with E-state index in [9.17, 15) is 36.0 Å². The molecule has 4 fully saturated rings. The number of hydrogen-bond donors (Lipinski definition) is 1. The molecule has 4 aliphatic carbocycles. The number of halogens is 3. The van der Waals surface area contributed by atoms with E-state index in [0.29, 0.717) is 25.7 Å². The molecule has 290 valence electrons. The molecule has 4 aliphatic rings. The largest absolute Gasteiger partial charge is 0.743 e. The van der Waals surface area contributed by atoms with Gasteiger partial charge in [-0.15, -0.1) is 0 Å². The van der Waals surface area contributed by atoms with Crippen molar-refractivity contribution in [3.63, 3.8) is 0 Å². The fourth-order valence-corrected chi connectivity index (χ4v) is 10.6. The van der Waals surface area contributed by atoms with Crippen LogP contribution in [0.15, 0.2) is 93.5 Å². The highest BCUT2D eigenvalue weighted by molar-refractivity contribution is 7.99. The molecule has 4 bridgehead atoms. The Morgan fingerprint density at radius 2 is 1.47 bits per heavy atom. The molecule has 0 saturated heterocycles. The third kappa shape index (κ3) is 9.11. The van der Waals surface area contributed by atoms with Gasteiger partial charge >= 0.3 is 11.2 Å². The van der Waals surface area contributed by atoms with E-state index in [0.717, 1.165) is 23.3 Å². The van der Waals surface area contributed by atoms with E-state index >= 15 is 0 Å². The molecule has 53 heavy (non-hydrogen) atoms. The molecule has 0 amide bonds. The van der Waals surface area contributed by atoms with Crippen molar-refractivity contribution in [2.24, 2.45) is 17.3 Å². The number of hydrogen-bond acceptors (Lipinski definition) is 9. The highest BCUT2D eigenvalue weighted by Crippen LogP contribution is 2.62. The maximum atomic E-state index is 13.4. The Balaban J connectivity index is 0.000000206. The lowest BCUT2D eigenvalue weighted by atomic mass is 9.48. The van der Waals surface area contributed by atoms with Gasteiger partial charge in [-0.1, -0.05) is 42.1 Å². The van der Waals surface area contributed by atoms with Gasteiger partial charge in [0.05, 0.1) is 17.6 Å². The van der Waals surface area contributed by atoms with Crippen molar-refractivity contribution in [2.45, 2.75) is 89.4 Å². The van der Waals surface area contributed by atoms with Crippen LogP contribution in [0.3, 0.4) is 0 Å². The molecular formula is C39H47F3O8S3. The number of methoxy groups -OCH3 is 2. The number of aliphatic hydroxyl groups is 1. The molecule has 3 aromatic carbocycles. The van der Waals surface area contributed by atoms with E-state index in [2.05, 4.69) is 86.0 Å². The summed E-state index contributed by atoms with van der Waals surface area (Å²) in [4.78, 5) is 16.2. The van der Waals surface area contributed by atoms with E-state index in [-0.39, 0.29) is 29.2 Å². The zero-order chi connectivity index (χ0) is 38.7. The Kier molecular flexibility index (Phi) is 13.1. The number of ether oxygens (including phenoxy) is 3. The molecule has 7 rings (SSSR count). The van der Waals surface area contributed by atoms with Gasteiger partial charge in [-0.3, -0.25) is 4.79 Å². The van der Waals surface area contributed by atoms with Crippen LogP contribution < -0.4 is 0 Å². The standard InChI is InChI=1S/C24H27O2S2.C15H21F3O6S/c1-5-28(4)23-17-13-20(14-18-23)24(25-2,26-3)19-11-15-22(16-12-19)27-21-9-7-6-8-10-21;16-11(15(17,18)25(21,22)23)1-2-24-12(19)13-4-9-3-10(5-13)7-14(20,6-9)8-13/h6-18H,5H2,1-4H3;9-11,20H,1-8H2,(H,21,22,23)/q+1;/p-1. The van der Waals surface area contributed by atoms with Crippen LogP contribution in [0.5, 0.6) is 0 Å². The minimum atomic E-state index is -6.13. The van der Waals surface area contributed by atoms with Gasteiger partial charge in [-0.25, -0.2) is 12.8 Å². The Morgan fingerprint density at radius 3 is 1.96 bits per heavy atom. The molecule has 0 aromatic heterocycles. The smallest absolute Gasteiger partial charge is 0.364 e. The van der Waals surface area contributed by atoms with Gasteiger partial charge < -0.3 is 23.9 Å². The first-order valence-electron chi connectivity index (χ1n) is 17.5. The summed E-state index contributed by atoms with van der Waals surface area (Å²) in [6.45, 7) is 1.47. The molecule has 14 heteroatoms. The average molecular weight is 797 g/mol. The van der Waals surface area contributed by atoms with Gasteiger partial charge in [-0.05, 0) is 106 Å². The van der Waals surface area contributed by atoms with E-state index < -0.39 is 57.3 Å². The summed E-state index contributed by atoms with van der Waals surface area (Å²) in [6.07, 6.45) is 1.50.